The molecule has 1 aromatic rings. The predicted octanol–water partition coefficient (Wildman–Crippen LogP) is 2.32. The summed E-state index contributed by atoms with van der Waals surface area (Å²) in [6, 6.07) is 10.3. The van der Waals surface area contributed by atoms with Crippen molar-refractivity contribution < 1.29 is 0 Å². The van der Waals surface area contributed by atoms with Crippen molar-refractivity contribution in [3.05, 3.63) is 41.3 Å². The third-order valence-electron chi connectivity index (χ3n) is 3.34. The summed E-state index contributed by atoms with van der Waals surface area (Å²) >= 11 is 1.75. The number of nitrogens with zero attached hydrogens (tertiary/aromatic N) is 2. The first-order valence-corrected chi connectivity index (χ1v) is 6.98. The Morgan fingerprint density at radius 2 is 1.95 bits per heavy atom. The van der Waals surface area contributed by atoms with Gasteiger partial charge in [-0.25, -0.2) is 9.56 Å². The maximum absolute atomic E-state index is 5.98. The van der Waals surface area contributed by atoms with Crippen LogP contribution in [0.15, 0.2) is 30.3 Å². The van der Waals surface area contributed by atoms with Crippen LogP contribution in [0.3, 0.4) is 0 Å². The highest BCUT2D eigenvalue weighted by molar-refractivity contribution is 7.21. The van der Waals surface area contributed by atoms with Crippen LogP contribution in [0.2, 0.25) is 0 Å². The van der Waals surface area contributed by atoms with E-state index in [0.717, 1.165) is 22.5 Å². The van der Waals surface area contributed by atoms with Crippen LogP contribution < -0.4 is 15.7 Å². The Morgan fingerprint density at radius 1 is 1.16 bits per heavy atom. The highest BCUT2D eigenvalue weighted by atomic mass is 32.1. The summed E-state index contributed by atoms with van der Waals surface area (Å²) in [6.07, 6.45) is 0. The molecule has 0 bridgehead atoms. The molecule has 0 radical (unpaired) electrons. The van der Waals surface area contributed by atoms with Crippen molar-refractivity contribution in [3.8, 4) is 10.6 Å². The van der Waals surface area contributed by atoms with E-state index in [1.54, 1.807) is 11.3 Å². The van der Waals surface area contributed by atoms with Gasteiger partial charge in [-0.05, 0) is 30.7 Å². The molecule has 3 nitrogen and oxygen atoms in total. The van der Waals surface area contributed by atoms with Crippen molar-refractivity contribution in [2.45, 2.75) is 6.92 Å². The van der Waals surface area contributed by atoms with E-state index in [1.165, 1.54) is 14.9 Å². The molecule has 0 spiro atoms. The second kappa shape index (κ2) is 4.31. The normalized spacial score (nSPS) is 11.1. The highest BCUT2D eigenvalue weighted by Crippen LogP contribution is 2.33. The summed E-state index contributed by atoms with van der Waals surface area (Å²) in [5.41, 5.74) is 9.97. The molecule has 0 saturated heterocycles. The molecule has 0 amide bonds. The molecule has 1 aromatic carbocycles. The summed E-state index contributed by atoms with van der Waals surface area (Å²) in [4.78, 5) is 5.90. The first-order chi connectivity index (χ1) is 9.06. The van der Waals surface area contributed by atoms with Gasteiger partial charge in [-0.15, -0.1) is 11.3 Å². The zero-order chi connectivity index (χ0) is 13.6. The second-order valence-electron chi connectivity index (χ2n) is 4.89. The van der Waals surface area contributed by atoms with Gasteiger partial charge in [0, 0.05) is 17.8 Å². The molecule has 1 aliphatic heterocycles. The van der Waals surface area contributed by atoms with Crippen molar-refractivity contribution in [1.82, 2.24) is 9.56 Å². The molecule has 4 heteroatoms. The van der Waals surface area contributed by atoms with Gasteiger partial charge >= 0.3 is 0 Å². The smallest absolute Gasteiger partial charge is 0.201 e. The first kappa shape index (κ1) is 12.1. The molecule has 1 aliphatic carbocycles. The van der Waals surface area contributed by atoms with E-state index < -0.39 is 0 Å². The van der Waals surface area contributed by atoms with Gasteiger partial charge in [0.15, 0.2) is 0 Å². The Bertz CT molecular complexity index is 813. The van der Waals surface area contributed by atoms with Gasteiger partial charge in [-0.1, -0.05) is 0 Å². The number of aromatic nitrogens is 1. The SMILES string of the molecule is Cc1c(N)ccc2nc3ccc(=[N+](C)C)cc-3sc12. The lowest BCUT2D eigenvalue weighted by molar-refractivity contribution is 0.814. The quantitative estimate of drug-likeness (QED) is 0.387. The number of anilines is 1. The maximum Gasteiger partial charge on any atom is 0.201 e. The highest BCUT2D eigenvalue weighted by Gasteiger charge is 2.10. The van der Waals surface area contributed by atoms with Crippen LogP contribution in [0.5, 0.6) is 0 Å². The zero-order valence-corrected chi connectivity index (χ0v) is 12.1. The standard InChI is InChI=1S/C15H15N3S/c1-9-11(16)5-7-13-15(9)19-14-8-10(18(2)3)4-6-12(14)17-13/h4-8,16H,1-3H3/p+1. The Balaban J connectivity index is 2.45. The molecule has 2 N–H and O–H groups in total. The Hall–Kier alpha value is -1.94. The molecule has 0 unspecified atom stereocenters. The van der Waals surface area contributed by atoms with Crippen molar-refractivity contribution in [2.24, 2.45) is 0 Å². The molecular weight excluding hydrogens is 254 g/mol. The topological polar surface area (TPSA) is 41.9 Å². The van der Waals surface area contributed by atoms with E-state index in [0.29, 0.717) is 0 Å². The largest absolute Gasteiger partial charge is 0.398 e. The van der Waals surface area contributed by atoms with Crippen LogP contribution in [-0.2, 0) is 0 Å². The number of hydrogen-bond donors (Lipinski definition) is 1. The van der Waals surface area contributed by atoms with E-state index in [2.05, 4.69) is 29.7 Å². The van der Waals surface area contributed by atoms with Crippen LogP contribution >= 0.6 is 11.3 Å². The van der Waals surface area contributed by atoms with Gasteiger partial charge in [0.1, 0.15) is 14.1 Å². The third kappa shape index (κ3) is 1.98. The van der Waals surface area contributed by atoms with Crippen molar-refractivity contribution in [1.29, 1.82) is 0 Å². The van der Waals surface area contributed by atoms with Gasteiger partial charge in [0.2, 0.25) is 5.36 Å². The molecule has 1 heterocycles. The minimum absolute atomic E-state index is 0.827. The van der Waals surface area contributed by atoms with E-state index >= 15 is 0 Å². The van der Waals surface area contributed by atoms with Crippen molar-refractivity contribution >= 4 is 27.2 Å². The van der Waals surface area contributed by atoms with Crippen LogP contribution in [0.25, 0.3) is 20.8 Å². The summed E-state index contributed by atoms with van der Waals surface area (Å²) in [7, 11) is 4.09. The second-order valence-corrected chi connectivity index (χ2v) is 5.94. The van der Waals surface area contributed by atoms with Crippen molar-refractivity contribution in [3.63, 3.8) is 0 Å². The van der Waals surface area contributed by atoms with E-state index in [1.807, 2.05) is 26.2 Å². The zero-order valence-electron chi connectivity index (χ0n) is 11.3. The van der Waals surface area contributed by atoms with Gasteiger partial charge in [-0.2, -0.15) is 0 Å². The maximum atomic E-state index is 5.98. The molecule has 0 saturated carbocycles. The molecule has 0 fully saturated rings. The molecular formula is C15H16N3S+. The molecule has 2 aliphatic rings. The Morgan fingerprint density at radius 3 is 2.68 bits per heavy atom. The number of aryl methyl sites for hydroxylation is 1. The van der Waals surface area contributed by atoms with Gasteiger partial charge in [0.25, 0.3) is 0 Å². The van der Waals surface area contributed by atoms with Crippen LogP contribution in [0, 0.1) is 6.92 Å². The lowest BCUT2D eigenvalue weighted by Crippen LogP contribution is -2.21. The fourth-order valence-corrected chi connectivity index (χ4v) is 3.21. The van der Waals surface area contributed by atoms with Crippen LogP contribution in [0.4, 0.5) is 5.69 Å². The molecule has 0 atom stereocenters. The van der Waals surface area contributed by atoms with Gasteiger partial charge in [0.05, 0.1) is 20.8 Å². The van der Waals surface area contributed by atoms with Crippen LogP contribution in [0.1, 0.15) is 5.56 Å². The summed E-state index contributed by atoms with van der Waals surface area (Å²) in [5.74, 6) is 0. The average molecular weight is 270 g/mol. The number of nitrogen functional groups attached to an aromatic ring is 1. The summed E-state index contributed by atoms with van der Waals surface area (Å²) in [6.45, 7) is 2.05. The number of benzene rings is 2. The minimum atomic E-state index is 0.827. The molecule has 19 heavy (non-hydrogen) atoms. The number of hydrogen-bond acceptors (Lipinski definition) is 3. The van der Waals surface area contributed by atoms with E-state index in [-0.39, 0.29) is 0 Å². The fourth-order valence-electron chi connectivity index (χ4n) is 2.10. The fraction of sp³-hybridized carbons (Fsp3) is 0.200. The molecule has 3 rings (SSSR count). The number of rotatable bonds is 0. The lowest BCUT2D eigenvalue weighted by Gasteiger charge is -2.08. The average Bonchev–Trinajstić information content (AvgIpc) is 2.41. The third-order valence-corrected chi connectivity index (χ3v) is 4.61. The molecule has 96 valence electrons. The van der Waals surface area contributed by atoms with Gasteiger partial charge < -0.3 is 5.73 Å². The number of nitrogens with two attached hydrogens (primary N) is 1. The van der Waals surface area contributed by atoms with E-state index in [4.69, 9.17) is 10.7 Å². The van der Waals surface area contributed by atoms with E-state index in [9.17, 15) is 0 Å². The van der Waals surface area contributed by atoms with Crippen LogP contribution in [-0.4, -0.2) is 19.1 Å². The summed E-state index contributed by atoms with van der Waals surface area (Å²) < 4.78 is 3.27. The Kier molecular flexibility index (Phi) is 2.75. The monoisotopic (exact) mass is 270 g/mol. The Labute approximate surface area is 116 Å². The minimum Gasteiger partial charge on any atom is -0.398 e. The van der Waals surface area contributed by atoms with Crippen molar-refractivity contribution in [2.75, 3.05) is 19.8 Å². The number of fused-ring (bicyclic) bond motifs is 2. The summed E-state index contributed by atoms with van der Waals surface area (Å²) in [5, 5.41) is 1.19. The predicted molar refractivity (Wildman–Crippen MR) is 82.5 cm³/mol. The lowest BCUT2D eigenvalue weighted by atomic mass is 10.2. The van der Waals surface area contributed by atoms with Gasteiger partial charge in [-0.3, -0.25) is 0 Å². The first-order valence-electron chi connectivity index (χ1n) is 6.16. The molecule has 0 aromatic heterocycles.